The fourth-order valence-electron chi connectivity index (χ4n) is 3.56. The van der Waals surface area contributed by atoms with E-state index in [1.165, 1.54) is 10.9 Å². The largest absolute Gasteiger partial charge is 0.379 e. The third-order valence-electron chi connectivity index (χ3n) is 5.27. The second-order valence-electron chi connectivity index (χ2n) is 7.02. The van der Waals surface area contributed by atoms with Crippen LogP contribution in [0.3, 0.4) is 0 Å². The topological polar surface area (TPSA) is 63.2 Å². The molecule has 0 spiro atoms. The molecule has 1 saturated heterocycles. The Morgan fingerprint density at radius 1 is 1.15 bits per heavy atom. The average molecular weight is 363 g/mol. The zero-order chi connectivity index (χ0) is 18.6. The summed E-state index contributed by atoms with van der Waals surface area (Å²) in [5.41, 5.74) is 2.36. The van der Waals surface area contributed by atoms with Crippen molar-refractivity contribution in [2.75, 3.05) is 37.0 Å². The van der Waals surface area contributed by atoms with Crippen LogP contribution in [0, 0.1) is 5.92 Å². The number of pyridine rings is 1. The zero-order valence-electron chi connectivity index (χ0n) is 15.8. The number of fused-ring (bicyclic) bond motifs is 1. The highest BCUT2D eigenvalue weighted by Crippen LogP contribution is 2.26. The third-order valence-corrected chi connectivity index (χ3v) is 5.27. The molecule has 1 N–H and O–H groups in total. The van der Waals surface area contributed by atoms with E-state index >= 15 is 0 Å². The Morgan fingerprint density at radius 3 is 2.93 bits per heavy atom. The summed E-state index contributed by atoms with van der Waals surface area (Å²) in [6.45, 7) is 4.45. The van der Waals surface area contributed by atoms with Gasteiger partial charge in [0.2, 0.25) is 0 Å². The molecule has 2 atom stereocenters. The number of hydrogen-bond donors (Lipinski definition) is 1. The summed E-state index contributed by atoms with van der Waals surface area (Å²) in [5, 5.41) is 4.78. The number of nitrogens with zero attached hydrogens (tertiary/aromatic N) is 4. The molecule has 1 aromatic carbocycles. The molecule has 1 fully saturated rings. The molecule has 0 bridgehead atoms. The first-order valence-electron chi connectivity index (χ1n) is 9.44. The van der Waals surface area contributed by atoms with E-state index < -0.39 is 0 Å². The van der Waals surface area contributed by atoms with E-state index in [0.29, 0.717) is 12.5 Å². The highest BCUT2D eigenvalue weighted by molar-refractivity contribution is 5.81. The number of ether oxygens (including phenoxy) is 1. The smallest absolute Gasteiger partial charge is 0.133 e. The van der Waals surface area contributed by atoms with E-state index in [9.17, 15) is 0 Å². The first-order chi connectivity index (χ1) is 13.2. The van der Waals surface area contributed by atoms with E-state index in [4.69, 9.17) is 4.74 Å². The predicted octanol–water partition coefficient (Wildman–Crippen LogP) is 3.15. The SMILES string of the molecule is CCN(C)c1cc(N[C@H]2COC[C@H]2Cc2ccnc3ccccc23)ncn1. The molecule has 3 heterocycles. The maximum absolute atomic E-state index is 5.79. The molecule has 3 aromatic rings. The van der Waals surface area contributed by atoms with E-state index in [2.05, 4.69) is 56.4 Å². The molecule has 27 heavy (non-hydrogen) atoms. The Bertz CT molecular complexity index is 910. The molecule has 1 aliphatic rings. The lowest BCUT2D eigenvalue weighted by atomic mass is 9.93. The van der Waals surface area contributed by atoms with Crippen molar-refractivity contribution in [3.8, 4) is 0 Å². The van der Waals surface area contributed by atoms with Gasteiger partial charge in [-0.3, -0.25) is 4.98 Å². The Hall–Kier alpha value is -2.73. The molecule has 2 aromatic heterocycles. The van der Waals surface area contributed by atoms with Crippen LogP contribution in [0.1, 0.15) is 12.5 Å². The van der Waals surface area contributed by atoms with E-state index in [-0.39, 0.29) is 6.04 Å². The van der Waals surface area contributed by atoms with Gasteiger partial charge in [-0.25, -0.2) is 9.97 Å². The predicted molar refractivity (Wildman–Crippen MR) is 108 cm³/mol. The van der Waals surface area contributed by atoms with Gasteiger partial charge in [-0.05, 0) is 31.0 Å². The van der Waals surface area contributed by atoms with Crippen LogP contribution in [0.2, 0.25) is 0 Å². The summed E-state index contributed by atoms with van der Waals surface area (Å²) in [6, 6.07) is 12.7. The maximum atomic E-state index is 5.79. The second kappa shape index (κ2) is 7.88. The Labute approximate surface area is 159 Å². The van der Waals surface area contributed by atoms with Crippen LogP contribution >= 0.6 is 0 Å². The number of benzene rings is 1. The van der Waals surface area contributed by atoms with Gasteiger partial charge in [-0.2, -0.15) is 0 Å². The van der Waals surface area contributed by atoms with Crippen molar-refractivity contribution in [1.29, 1.82) is 0 Å². The number of rotatable bonds is 6. The second-order valence-corrected chi connectivity index (χ2v) is 7.02. The van der Waals surface area contributed by atoms with Crippen molar-refractivity contribution < 1.29 is 4.74 Å². The minimum atomic E-state index is 0.228. The molecule has 0 unspecified atom stereocenters. The minimum absolute atomic E-state index is 0.228. The molecule has 4 rings (SSSR count). The van der Waals surface area contributed by atoms with Crippen LogP contribution in [-0.2, 0) is 11.2 Å². The quantitative estimate of drug-likeness (QED) is 0.726. The molecule has 6 heteroatoms. The molecule has 1 aliphatic heterocycles. The fraction of sp³-hybridized carbons (Fsp3) is 0.381. The summed E-state index contributed by atoms with van der Waals surface area (Å²) in [6.07, 6.45) is 4.46. The molecule has 0 aliphatic carbocycles. The van der Waals surface area contributed by atoms with Gasteiger partial charge in [0.1, 0.15) is 18.0 Å². The molecule has 0 amide bonds. The Kier molecular flexibility index (Phi) is 5.16. The number of para-hydroxylation sites is 1. The minimum Gasteiger partial charge on any atom is -0.379 e. The van der Waals surface area contributed by atoms with Crippen LogP contribution in [-0.4, -0.2) is 47.8 Å². The molecule has 0 radical (unpaired) electrons. The third kappa shape index (κ3) is 3.85. The molecule has 6 nitrogen and oxygen atoms in total. The van der Waals surface area contributed by atoms with Crippen molar-refractivity contribution in [3.63, 3.8) is 0 Å². The standard InChI is InChI=1S/C21H25N5O/c1-3-26(2)21-11-20(23-14-24-21)25-19-13-27-12-16(19)10-15-8-9-22-18-7-5-4-6-17(15)18/h4-9,11,14,16,19H,3,10,12-13H2,1-2H3,(H,23,24,25)/t16-,19+/m1/s1. The van der Waals surface area contributed by atoms with Gasteiger partial charge in [0.25, 0.3) is 0 Å². The lowest BCUT2D eigenvalue weighted by Crippen LogP contribution is -2.30. The number of nitrogens with one attached hydrogen (secondary N) is 1. The number of hydrogen-bond acceptors (Lipinski definition) is 6. The van der Waals surface area contributed by atoms with Crippen LogP contribution in [0.4, 0.5) is 11.6 Å². The van der Waals surface area contributed by atoms with Crippen molar-refractivity contribution >= 4 is 22.5 Å². The van der Waals surface area contributed by atoms with E-state index in [1.807, 2.05) is 25.4 Å². The Morgan fingerprint density at radius 2 is 2.04 bits per heavy atom. The van der Waals surface area contributed by atoms with Gasteiger partial charge < -0.3 is 15.0 Å². The summed E-state index contributed by atoms with van der Waals surface area (Å²) in [7, 11) is 2.03. The van der Waals surface area contributed by atoms with Crippen LogP contribution < -0.4 is 10.2 Å². The lowest BCUT2D eigenvalue weighted by molar-refractivity contribution is 0.185. The fourth-order valence-corrected chi connectivity index (χ4v) is 3.56. The van der Waals surface area contributed by atoms with Crippen LogP contribution in [0.5, 0.6) is 0 Å². The van der Waals surface area contributed by atoms with E-state index in [0.717, 1.165) is 36.7 Å². The molecular formula is C21H25N5O. The normalized spacial score (nSPS) is 19.3. The van der Waals surface area contributed by atoms with Crippen LogP contribution in [0.15, 0.2) is 48.9 Å². The number of aromatic nitrogens is 3. The molecule has 0 saturated carbocycles. The van der Waals surface area contributed by atoms with Gasteiger partial charge in [0.05, 0.1) is 24.8 Å². The summed E-state index contributed by atoms with van der Waals surface area (Å²) in [5.74, 6) is 2.16. The number of anilines is 2. The van der Waals surface area contributed by atoms with Crippen molar-refractivity contribution in [2.45, 2.75) is 19.4 Å². The molecular weight excluding hydrogens is 338 g/mol. The van der Waals surface area contributed by atoms with Crippen LogP contribution in [0.25, 0.3) is 10.9 Å². The summed E-state index contributed by atoms with van der Waals surface area (Å²) < 4.78 is 5.79. The average Bonchev–Trinajstić information content (AvgIpc) is 3.14. The highest BCUT2D eigenvalue weighted by Gasteiger charge is 2.29. The van der Waals surface area contributed by atoms with Gasteiger partial charge >= 0.3 is 0 Å². The zero-order valence-corrected chi connectivity index (χ0v) is 15.8. The van der Waals surface area contributed by atoms with E-state index in [1.54, 1.807) is 6.33 Å². The van der Waals surface area contributed by atoms with Gasteiger partial charge in [-0.15, -0.1) is 0 Å². The highest BCUT2D eigenvalue weighted by atomic mass is 16.5. The van der Waals surface area contributed by atoms with Gasteiger partial charge in [0.15, 0.2) is 0 Å². The van der Waals surface area contributed by atoms with Crippen molar-refractivity contribution in [2.24, 2.45) is 5.92 Å². The maximum Gasteiger partial charge on any atom is 0.133 e. The summed E-state index contributed by atoms with van der Waals surface area (Å²) in [4.78, 5) is 15.3. The van der Waals surface area contributed by atoms with Gasteiger partial charge in [-0.1, -0.05) is 18.2 Å². The lowest BCUT2D eigenvalue weighted by Gasteiger charge is -2.21. The Balaban J connectivity index is 1.51. The summed E-state index contributed by atoms with van der Waals surface area (Å²) >= 11 is 0. The monoisotopic (exact) mass is 363 g/mol. The van der Waals surface area contributed by atoms with Crippen molar-refractivity contribution in [3.05, 3.63) is 54.5 Å². The van der Waals surface area contributed by atoms with Gasteiger partial charge in [0, 0.05) is 37.2 Å². The first-order valence-corrected chi connectivity index (χ1v) is 9.44. The first kappa shape index (κ1) is 17.7. The molecule has 140 valence electrons. The van der Waals surface area contributed by atoms with Crippen molar-refractivity contribution in [1.82, 2.24) is 15.0 Å².